The molecular weight excluding hydrogens is 366 g/mol. The molecule has 0 bridgehead atoms. The van der Waals surface area contributed by atoms with Gasteiger partial charge in [-0.3, -0.25) is 14.2 Å². The highest BCUT2D eigenvalue weighted by molar-refractivity contribution is 7.18. The van der Waals surface area contributed by atoms with Gasteiger partial charge >= 0.3 is 0 Å². The number of nitrogens with zero attached hydrogens (tertiary/aromatic N) is 3. The van der Waals surface area contributed by atoms with Crippen LogP contribution in [0.3, 0.4) is 0 Å². The summed E-state index contributed by atoms with van der Waals surface area (Å²) in [5.74, 6) is 0.115. The lowest BCUT2D eigenvalue weighted by Crippen LogP contribution is -2.32. The molecule has 1 saturated heterocycles. The maximum atomic E-state index is 12.8. The molecule has 0 N–H and O–H groups in total. The fourth-order valence-electron chi connectivity index (χ4n) is 3.67. The smallest absolute Gasteiger partial charge is 0.262 e. The van der Waals surface area contributed by atoms with Crippen LogP contribution in [-0.4, -0.2) is 26.9 Å². The van der Waals surface area contributed by atoms with E-state index in [1.54, 1.807) is 33.6 Å². The molecule has 3 aromatic rings. The topological polar surface area (TPSA) is 55.2 Å². The number of hydrogen-bond donors (Lipinski definition) is 0. The van der Waals surface area contributed by atoms with Crippen molar-refractivity contribution in [2.75, 3.05) is 6.54 Å². The zero-order chi connectivity index (χ0) is 18.3. The van der Waals surface area contributed by atoms with Crippen molar-refractivity contribution in [1.82, 2.24) is 14.5 Å². The second kappa shape index (κ2) is 6.96. The zero-order valence-corrected chi connectivity index (χ0v) is 16.5. The molecular formula is C19H21N3O2S2. The lowest BCUT2D eigenvalue weighted by molar-refractivity contribution is -0.132. The van der Waals surface area contributed by atoms with Crippen molar-refractivity contribution in [3.63, 3.8) is 0 Å². The first-order chi connectivity index (χ1) is 12.6. The number of likely N-dealkylation sites (tertiary alicyclic amines) is 1. The predicted octanol–water partition coefficient (Wildman–Crippen LogP) is 3.89. The van der Waals surface area contributed by atoms with Gasteiger partial charge in [0.15, 0.2) is 0 Å². The van der Waals surface area contributed by atoms with Crippen LogP contribution >= 0.6 is 22.7 Å². The van der Waals surface area contributed by atoms with E-state index in [-0.39, 0.29) is 17.5 Å². The van der Waals surface area contributed by atoms with E-state index in [1.165, 1.54) is 5.56 Å². The molecule has 0 saturated carbocycles. The first-order valence-electron chi connectivity index (χ1n) is 8.83. The van der Waals surface area contributed by atoms with Crippen LogP contribution in [0.4, 0.5) is 0 Å². The van der Waals surface area contributed by atoms with Crippen LogP contribution in [-0.2, 0) is 11.3 Å². The monoisotopic (exact) mass is 387 g/mol. The van der Waals surface area contributed by atoms with E-state index in [0.29, 0.717) is 18.4 Å². The standard InChI is InChI=1S/C19H21N3O2S2/c1-12-13(2)26-18-17(12)19(24)21(11-20-18)8-5-16(23)22-7-3-4-15(22)14-6-9-25-10-14/h6,9-11,15H,3-5,7-8H2,1-2H3. The highest BCUT2D eigenvalue weighted by atomic mass is 32.1. The Kier molecular flexibility index (Phi) is 4.67. The number of fused-ring (bicyclic) bond motifs is 1. The molecule has 1 aliphatic heterocycles. The summed E-state index contributed by atoms with van der Waals surface area (Å²) in [5, 5.41) is 4.88. The molecule has 7 heteroatoms. The maximum Gasteiger partial charge on any atom is 0.262 e. The number of hydrogen-bond acceptors (Lipinski definition) is 5. The van der Waals surface area contributed by atoms with Gasteiger partial charge < -0.3 is 4.90 Å². The maximum absolute atomic E-state index is 12.8. The highest BCUT2D eigenvalue weighted by Gasteiger charge is 2.29. The number of thiophene rings is 2. The van der Waals surface area contributed by atoms with Gasteiger partial charge in [0.05, 0.1) is 17.8 Å². The van der Waals surface area contributed by atoms with Crippen molar-refractivity contribution in [1.29, 1.82) is 0 Å². The quantitative estimate of drug-likeness (QED) is 0.682. The van der Waals surface area contributed by atoms with E-state index >= 15 is 0 Å². The number of carbonyl (C=O) groups excluding carboxylic acids is 1. The van der Waals surface area contributed by atoms with Crippen LogP contribution in [0.15, 0.2) is 27.9 Å². The molecule has 3 aromatic heterocycles. The van der Waals surface area contributed by atoms with Crippen LogP contribution in [0.25, 0.3) is 10.2 Å². The molecule has 0 spiro atoms. The van der Waals surface area contributed by atoms with E-state index in [0.717, 1.165) is 34.7 Å². The molecule has 1 amide bonds. The third-order valence-electron chi connectivity index (χ3n) is 5.22. The number of aryl methyl sites for hydroxylation is 3. The Bertz CT molecular complexity index is 1000. The number of rotatable bonds is 4. The average Bonchev–Trinajstić information content (AvgIpc) is 3.35. The summed E-state index contributed by atoms with van der Waals surface area (Å²) in [7, 11) is 0. The Labute approximate surface area is 159 Å². The average molecular weight is 388 g/mol. The molecule has 1 fully saturated rings. The Morgan fingerprint density at radius 2 is 2.23 bits per heavy atom. The van der Waals surface area contributed by atoms with Gasteiger partial charge in [-0.2, -0.15) is 11.3 Å². The summed E-state index contributed by atoms with van der Waals surface area (Å²) in [6.45, 7) is 5.14. The summed E-state index contributed by atoms with van der Waals surface area (Å²) < 4.78 is 1.58. The summed E-state index contributed by atoms with van der Waals surface area (Å²) in [6, 6.07) is 2.29. The molecule has 0 aliphatic carbocycles. The van der Waals surface area contributed by atoms with Gasteiger partial charge in [0.1, 0.15) is 4.83 Å². The van der Waals surface area contributed by atoms with Crippen molar-refractivity contribution < 1.29 is 4.79 Å². The van der Waals surface area contributed by atoms with Crippen molar-refractivity contribution >= 4 is 38.8 Å². The number of aromatic nitrogens is 2. The van der Waals surface area contributed by atoms with Gasteiger partial charge in [0.25, 0.3) is 5.56 Å². The van der Waals surface area contributed by atoms with Crippen LogP contribution in [0.2, 0.25) is 0 Å². The van der Waals surface area contributed by atoms with Crippen molar-refractivity contribution in [2.24, 2.45) is 0 Å². The summed E-state index contributed by atoms with van der Waals surface area (Å²) in [5.41, 5.74) is 2.19. The molecule has 4 heterocycles. The van der Waals surface area contributed by atoms with E-state index in [9.17, 15) is 9.59 Å². The van der Waals surface area contributed by atoms with Gasteiger partial charge in [0, 0.05) is 24.4 Å². The zero-order valence-electron chi connectivity index (χ0n) is 14.9. The molecule has 1 atom stereocenters. The fourth-order valence-corrected chi connectivity index (χ4v) is 5.36. The molecule has 136 valence electrons. The van der Waals surface area contributed by atoms with E-state index in [4.69, 9.17) is 0 Å². The minimum Gasteiger partial charge on any atom is -0.336 e. The Morgan fingerprint density at radius 3 is 3.00 bits per heavy atom. The minimum atomic E-state index is -0.0412. The summed E-state index contributed by atoms with van der Waals surface area (Å²) in [6.07, 6.45) is 3.96. The van der Waals surface area contributed by atoms with Crippen molar-refractivity contribution in [2.45, 2.75) is 45.7 Å². The van der Waals surface area contributed by atoms with E-state index in [2.05, 4.69) is 21.8 Å². The predicted molar refractivity (Wildman–Crippen MR) is 106 cm³/mol. The van der Waals surface area contributed by atoms with Crippen molar-refractivity contribution in [3.05, 3.63) is 49.5 Å². The Balaban J connectivity index is 1.51. The van der Waals surface area contributed by atoms with Gasteiger partial charge in [0.2, 0.25) is 5.91 Å². The third-order valence-corrected chi connectivity index (χ3v) is 7.04. The van der Waals surface area contributed by atoms with Crippen LogP contribution in [0.5, 0.6) is 0 Å². The molecule has 0 aromatic carbocycles. The SMILES string of the molecule is Cc1sc2ncn(CCC(=O)N3CCCC3c3ccsc3)c(=O)c2c1C. The fraction of sp³-hybridized carbons (Fsp3) is 0.421. The summed E-state index contributed by atoms with van der Waals surface area (Å²) >= 11 is 3.21. The largest absolute Gasteiger partial charge is 0.336 e. The molecule has 5 nitrogen and oxygen atoms in total. The molecule has 26 heavy (non-hydrogen) atoms. The molecule has 1 aliphatic rings. The number of amides is 1. The van der Waals surface area contributed by atoms with Gasteiger partial charge in [-0.1, -0.05) is 0 Å². The molecule has 1 unspecified atom stereocenters. The van der Waals surface area contributed by atoms with Crippen LogP contribution in [0, 0.1) is 13.8 Å². The molecule has 4 rings (SSSR count). The van der Waals surface area contributed by atoms with Crippen LogP contribution in [0.1, 0.15) is 41.3 Å². The highest BCUT2D eigenvalue weighted by Crippen LogP contribution is 2.33. The first kappa shape index (κ1) is 17.4. The second-order valence-corrected chi connectivity index (χ2v) is 8.74. The van der Waals surface area contributed by atoms with Gasteiger partial charge in [-0.15, -0.1) is 11.3 Å². The Hall–Kier alpha value is -1.99. The first-order valence-corrected chi connectivity index (χ1v) is 10.6. The minimum absolute atomic E-state index is 0.0412. The normalized spacial score (nSPS) is 17.3. The molecule has 0 radical (unpaired) electrons. The Morgan fingerprint density at radius 1 is 1.38 bits per heavy atom. The lowest BCUT2D eigenvalue weighted by atomic mass is 10.1. The second-order valence-electron chi connectivity index (χ2n) is 6.76. The van der Waals surface area contributed by atoms with Gasteiger partial charge in [-0.25, -0.2) is 4.98 Å². The third kappa shape index (κ3) is 2.99. The van der Waals surface area contributed by atoms with Gasteiger partial charge in [-0.05, 0) is 54.6 Å². The van der Waals surface area contributed by atoms with Crippen molar-refractivity contribution in [3.8, 4) is 0 Å². The summed E-state index contributed by atoms with van der Waals surface area (Å²) in [4.78, 5) is 33.8. The number of carbonyl (C=O) groups is 1. The van der Waals surface area contributed by atoms with Crippen LogP contribution < -0.4 is 5.56 Å². The van der Waals surface area contributed by atoms with E-state index < -0.39 is 0 Å². The lowest BCUT2D eigenvalue weighted by Gasteiger charge is -2.24. The van der Waals surface area contributed by atoms with E-state index in [1.807, 2.05) is 18.7 Å².